The van der Waals surface area contributed by atoms with E-state index in [4.69, 9.17) is 20.6 Å². The van der Waals surface area contributed by atoms with Gasteiger partial charge in [0, 0.05) is 12.1 Å². The van der Waals surface area contributed by atoms with Gasteiger partial charge in [-0.1, -0.05) is 25.0 Å². The molecule has 5 nitrogen and oxygen atoms in total. The Hall–Kier alpha value is -3.13. The van der Waals surface area contributed by atoms with Crippen LogP contribution in [0.4, 0.5) is 0 Å². The minimum atomic E-state index is -0.142. The maximum absolute atomic E-state index is 12.4. The van der Waals surface area contributed by atoms with E-state index in [1.165, 1.54) is 0 Å². The summed E-state index contributed by atoms with van der Waals surface area (Å²) < 4.78 is 16.6. The molecular formula is C23H27NO4. The molecule has 2 aromatic carbocycles. The lowest BCUT2D eigenvalue weighted by Gasteiger charge is -2.13. The van der Waals surface area contributed by atoms with Crippen molar-refractivity contribution >= 4 is 5.91 Å². The topological polar surface area (TPSA) is 56.8 Å². The molecular weight excluding hydrogens is 354 g/mol. The first kappa shape index (κ1) is 21.2. The van der Waals surface area contributed by atoms with Crippen molar-refractivity contribution in [2.24, 2.45) is 0 Å². The number of nitrogens with one attached hydrogen (secondary N) is 1. The van der Waals surface area contributed by atoms with Gasteiger partial charge in [-0.3, -0.25) is 4.79 Å². The van der Waals surface area contributed by atoms with Crippen molar-refractivity contribution in [2.45, 2.75) is 26.7 Å². The normalized spacial score (nSPS) is 10.0. The zero-order valence-corrected chi connectivity index (χ0v) is 16.5. The van der Waals surface area contributed by atoms with Gasteiger partial charge in [-0.15, -0.1) is 6.42 Å². The Bertz CT molecular complexity index is 793. The van der Waals surface area contributed by atoms with E-state index in [1.807, 2.05) is 38.1 Å². The highest BCUT2D eigenvalue weighted by molar-refractivity contribution is 5.94. The molecule has 0 bridgehead atoms. The molecule has 0 radical (unpaired) electrons. The van der Waals surface area contributed by atoms with Crippen LogP contribution < -0.4 is 19.5 Å². The Morgan fingerprint density at radius 2 is 1.82 bits per heavy atom. The van der Waals surface area contributed by atoms with Crippen LogP contribution in [0.25, 0.3) is 0 Å². The Kier molecular flexibility index (Phi) is 8.74. The van der Waals surface area contributed by atoms with Crippen LogP contribution in [0.2, 0.25) is 0 Å². The molecule has 148 valence electrons. The SMILES string of the molecule is C#CCOc1ccc(CCNC(=O)c2ccc(OCCC)c(OCC)c2)cc1. The van der Waals surface area contributed by atoms with E-state index < -0.39 is 0 Å². The highest BCUT2D eigenvalue weighted by atomic mass is 16.5. The summed E-state index contributed by atoms with van der Waals surface area (Å²) in [4.78, 5) is 12.4. The molecule has 0 aromatic heterocycles. The number of ether oxygens (including phenoxy) is 3. The average molecular weight is 381 g/mol. The Morgan fingerprint density at radius 1 is 1.04 bits per heavy atom. The standard InChI is InChI=1S/C23H27NO4/c1-4-15-27-20-10-7-18(8-11-20)13-14-24-23(25)19-9-12-21(28-16-5-2)22(17-19)26-6-3/h1,7-12,17H,5-6,13-16H2,2-3H3,(H,24,25). The first-order chi connectivity index (χ1) is 13.7. The van der Waals surface area contributed by atoms with Gasteiger partial charge in [0.05, 0.1) is 13.2 Å². The predicted octanol–water partition coefficient (Wildman–Crippen LogP) is 3.86. The van der Waals surface area contributed by atoms with Crippen molar-refractivity contribution in [3.05, 3.63) is 53.6 Å². The molecule has 0 saturated carbocycles. The van der Waals surface area contributed by atoms with Crippen LogP contribution in [0.5, 0.6) is 17.2 Å². The number of hydrogen-bond acceptors (Lipinski definition) is 4. The van der Waals surface area contributed by atoms with Gasteiger partial charge < -0.3 is 19.5 Å². The zero-order chi connectivity index (χ0) is 20.2. The number of carbonyl (C=O) groups is 1. The highest BCUT2D eigenvalue weighted by Crippen LogP contribution is 2.28. The Balaban J connectivity index is 1.90. The van der Waals surface area contributed by atoms with Crippen molar-refractivity contribution in [1.29, 1.82) is 0 Å². The van der Waals surface area contributed by atoms with Gasteiger partial charge in [0.2, 0.25) is 0 Å². The van der Waals surface area contributed by atoms with E-state index in [2.05, 4.69) is 11.2 Å². The summed E-state index contributed by atoms with van der Waals surface area (Å²) in [5.74, 6) is 4.27. The van der Waals surface area contributed by atoms with Gasteiger partial charge >= 0.3 is 0 Å². The van der Waals surface area contributed by atoms with E-state index in [1.54, 1.807) is 18.2 Å². The Morgan fingerprint density at radius 3 is 2.50 bits per heavy atom. The van der Waals surface area contributed by atoms with Crippen molar-refractivity contribution in [1.82, 2.24) is 5.32 Å². The van der Waals surface area contributed by atoms with Crippen LogP contribution in [0.1, 0.15) is 36.2 Å². The van der Waals surface area contributed by atoms with Crippen LogP contribution in [0, 0.1) is 12.3 Å². The number of rotatable bonds is 11. The molecule has 0 unspecified atom stereocenters. The molecule has 0 aliphatic heterocycles. The summed E-state index contributed by atoms with van der Waals surface area (Å²) in [6.45, 7) is 5.84. The third kappa shape index (κ3) is 6.55. The zero-order valence-electron chi connectivity index (χ0n) is 16.5. The molecule has 0 saturated heterocycles. The van der Waals surface area contributed by atoms with Crippen LogP contribution in [-0.2, 0) is 6.42 Å². The summed E-state index contributed by atoms with van der Waals surface area (Å²) in [6, 6.07) is 12.9. The first-order valence-corrected chi connectivity index (χ1v) is 9.51. The smallest absolute Gasteiger partial charge is 0.251 e. The molecule has 2 aromatic rings. The van der Waals surface area contributed by atoms with Gasteiger partial charge in [0.25, 0.3) is 5.91 Å². The molecule has 0 atom stereocenters. The quantitative estimate of drug-likeness (QED) is 0.601. The van der Waals surface area contributed by atoms with Crippen LogP contribution in [0.3, 0.4) is 0 Å². The molecule has 1 amide bonds. The second kappa shape index (κ2) is 11.6. The summed E-state index contributed by atoms with van der Waals surface area (Å²) in [6.07, 6.45) is 6.80. The van der Waals surface area contributed by atoms with Gasteiger partial charge in [-0.05, 0) is 55.7 Å². The van der Waals surface area contributed by atoms with Gasteiger partial charge in [-0.25, -0.2) is 0 Å². The average Bonchev–Trinajstić information content (AvgIpc) is 2.72. The minimum Gasteiger partial charge on any atom is -0.490 e. The number of amides is 1. The molecule has 0 fully saturated rings. The van der Waals surface area contributed by atoms with Crippen molar-refractivity contribution in [3.63, 3.8) is 0 Å². The second-order valence-corrected chi connectivity index (χ2v) is 6.09. The van der Waals surface area contributed by atoms with Gasteiger partial charge in [-0.2, -0.15) is 0 Å². The lowest BCUT2D eigenvalue weighted by molar-refractivity contribution is 0.0953. The summed E-state index contributed by atoms with van der Waals surface area (Å²) in [7, 11) is 0. The van der Waals surface area contributed by atoms with E-state index in [0.717, 1.165) is 24.2 Å². The number of terminal acetylenes is 1. The molecule has 0 heterocycles. The maximum Gasteiger partial charge on any atom is 0.251 e. The molecule has 0 aliphatic rings. The molecule has 0 spiro atoms. The number of carbonyl (C=O) groups excluding carboxylic acids is 1. The van der Waals surface area contributed by atoms with Crippen molar-refractivity contribution in [3.8, 4) is 29.6 Å². The third-order valence-corrected chi connectivity index (χ3v) is 3.91. The molecule has 2 rings (SSSR count). The minimum absolute atomic E-state index is 0.142. The van der Waals surface area contributed by atoms with E-state index in [-0.39, 0.29) is 12.5 Å². The number of hydrogen-bond donors (Lipinski definition) is 1. The molecule has 0 aliphatic carbocycles. The number of benzene rings is 2. The van der Waals surface area contributed by atoms with Crippen LogP contribution in [-0.4, -0.2) is 32.3 Å². The molecule has 1 N–H and O–H groups in total. The maximum atomic E-state index is 12.4. The lowest BCUT2D eigenvalue weighted by Crippen LogP contribution is -2.25. The second-order valence-electron chi connectivity index (χ2n) is 6.09. The van der Waals surface area contributed by atoms with E-state index in [9.17, 15) is 4.79 Å². The molecule has 5 heteroatoms. The largest absolute Gasteiger partial charge is 0.490 e. The van der Waals surface area contributed by atoms with Crippen LogP contribution in [0.15, 0.2) is 42.5 Å². The van der Waals surface area contributed by atoms with Crippen LogP contribution >= 0.6 is 0 Å². The van der Waals surface area contributed by atoms with E-state index in [0.29, 0.717) is 36.8 Å². The molecule has 28 heavy (non-hydrogen) atoms. The van der Waals surface area contributed by atoms with Crippen molar-refractivity contribution < 1.29 is 19.0 Å². The predicted molar refractivity (Wildman–Crippen MR) is 110 cm³/mol. The van der Waals surface area contributed by atoms with Crippen molar-refractivity contribution in [2.75, 3.05) is 26.4 Å². The fourth-order valence-corrected chi connectivity index (χ4v) is 2.55. The monoisotopic (exact) mass is 381 g/mol. The van der Waals surface area contributed by atoms with E-state index >= 15 is 0 Å². The lowest BCUT2D eigenvalue weighted by atomic mass is 10.1. The van der Waals surface area contributed by atoms with Gasteiger partial charge in [0.15, 0.2) is 11.5 Å². The Labute approximate surface area is 167 Å². The highest BCUT2D eigenvalue weighted by Gasteiger charge is 2.11. The fourth-order valence-electron chi connectivity index (χ4n) is 2.55. The van der Waals surface area contributed by atoms with Gasteiger partial charge in [0.1, 0.15) is 12.4 Å². The fraction of sp³-hybridized carbons (Fsp3) is 0.348. The summed E-state index contributed by atoms with van der Waals surface area (Å²) in [5, 5.41) is 2.94. The third-order valence-electron chi connectivity index (χ3n) is 3.91. The first-order valence-electron chi connectivity index (χ1n) is 9.51. The summed E-state index contributed by atoms with van der Waals surface area (Å²) >= 11 is 0. The summed E-state index contributed by atoms with van der Waals surface area (Å²) in [5.41, 5.74) is 1.65.